The van der Waals surface area contributed by atoms with Crippen molar-refractivity contribution in [3.8, 4) is 0 Å². The summed E-state index contributed by atoms with van der Waals surface area (Å²) in [7, 11) is 0. The molecule has 0 amide bonds. The van der Waals surface area contributed by atoms with Gasteiger partial charge in [0.1, 0.15) is 0 Å². The molecule has 1 heterocycles. The monoisotopic (exact) mass is 269 g/mol. The van der Waals surface area contributed by atoms with Crippen LogP contribution in [0.5, 0.6) is 0 Å². The van der Waals surface area contributed by atoms with Crippen LogP contribution in [-0.4, -0.2) is 44.7 Å². The molecule has 0 spiro atoms. The second-order valence-corrected chi connectivity index (χ2v) is 4.69. The number of alkyl halides is 3. The lowest BCUT2D eigenvalue weighted by Crippen LogP contribution is -2.33. The molecule has 1 aliphatic rings. The van der Waals surface area contributed by atoms with Crippen molar-refractivity contribution in [2.75, 3.05) is 26.3 Å². The van der Waals surface area contributed by atoms with Gasteiger partial charge in [-0.15, -0.1) is 0 Å². The molecule has 3 nitrogen and oxygen atoms in total. The Bertz CT molecular complexity index is 218. The van der Waals surface area contributed by atoms with Crippen LogP contribution in [0.15, 0.2) is 0 Å². The zero-order valence-electron chi connectivity index (χ0n) is 10.8. The van der Waals surface area contributed by atoms with E-state index in [1.165, 1.54) is 0 Å². The molecule has 0 bridgehead atoms. The fourth-order valence-corrected chi connectivity index (χ4v) is 1.87. The van der Waals surface area contributed by atoms with Crippen LogP contribution < -0.4 is 5.32 Å². The molecule has 18 heavy (non-hydrogen) atoms. The van der Waals surface area contributed by atoms with Crippen molar-refractivity contribution >= 4 is 0 Å². The van der Waals surface area contributed by atoms with E-state index in [0.717, 1.165) is 26.0 Å². The Hall–Kier alpha value is -0.330. The first kappa shape index (κ1) is 15.7. The van der Waals surface area contributed by atoms with Crippen molar-refractivity contribution in [3.05, 3.63) is 0 Å². The molecule has 1 N–H and O–H groups in total. The van der Waals surface area contributed by atoms with E-state index in [-0.39, 0.29) is 25.2 Å². The maximum Gasteiger partial charge on any atom is 0.389 e. The zero-order chi connectivity index (χ0) is 13.4. The average molecular weight is 269 g/mol. The van der Waals surface area contributed by atoms with Crippen LogP contribution in [0.2, 0.25) is 0 Å². The van der Waals surface area contributed by atoms with E-state index in [0.29, 0.717) is 6.54 Å². The number of nitrogens with one attached hydrogen (secondary N) is 1. The van der Waals surface area contributed by atoms with E-state index >= 15 is 0 Å². The highest BCUT2D eigenvalue weighted by Crippen LogP contribution is 2.21. The third kappa shape index (κ3) is 7.89. The van der Waals surface area contributed by atoms with Gasteiger partial charge in [-0.2, -0.15) is 13.2 Å². The molecule has 0 aromatic heterocycles. The van der Waals surface area contributed by atoms with Gasteiger partial charge in [0.25, 0.3) is 0 Å². The molecule has 0 aromatic carbocycles. The van der Waals surface area contributed by atoms with Gasteiger partial charge in [0.2, 0.25) is 0 Å². The van der Waals surface area contributed by atoms with E-state index in [9.17, 15) is 13.2 Å². The second kappa shape index (κ2) is 7.96. The zero-order valence-corrected chi connectivity index (χ0v) is 10.8. The Balaban J connectivity index is 1.91. The highest BCUT2D eigenvalue weighted by Gasteiger charge is 2.26. The minimum absolute atomic E-state index is 0.0274. The van der Waals surface area contributed by atoms with E-state index < -0.39 is 12.6 Å². The van der Waals surface area contributed by atoms with Gasteiger partial charge in [-0.1, -0.05) is 0 Å². The molecule has 0 aromatic rings. The largest absolute Gasteiger partial charge is 0.389 e. The standard InChI is InChI=1S/C12H22F3NO2/c1-10(17-7-3-5-12(13,14)15)8-16-9-11-4-2-6-18-11/h10-11,16H,2-9H2,1H3. The fourth-order valence-electron chi connectivity index (χ4n) is 1.87. The van der Waals surface area contributed by atoms with Crippen LogP contribution in [0.4, 0.5) is 13.2 Å². The summed E-state index contributed by atoms with van der Waals surface area (Å²) in [5, 5.41) is 3.21. The Morgan fingerprint density at radius 2 is 2.22 bits per heavy atom. The van der Waals surface area contributed by atoms with Gasteiger partial charge >= 0.3 is 6.18 Å². The number of hydrogen-bond acceptors (Lipinski definition) is 3. The normalized spacial score (nSPS) is 22.3. The van der Waals surface area contributed by atoms with E-state index in [1.807, 2.05) is 6.92 Å². The summed E-state index contributed by atoms with van der Waals surface area (Å²) in [5.74, 6) is 0. The number of halogens is 3. The quantitative estimate of drug-likeness (QED) is 0.687. The van der Waals surface area contributed by atoms with Gasteiger partial charge in [0, 0.05) is 32.7 Å². The number of hydrogen-bond donors (Lipinski definition) is 1. The predicted molar refractivity (Wildman–Crippen MR) is 62.5 cm³/mol. The van der Waals surface area contributed by atoms with Crippen LogP contribution in [0.25, 0.3) is 0 Å². The number of rotatable bonds is 8. The average Bonchev–Trinajstić information content (AvgIpc) is 2.76. The molecule has 6 heteroatoms. The summed E-state index contributed by atoms with van der Waals surface area (Å²) in [4.78, 5) is 0. The first-order chi connectivity index (χ1) is 8.47. The van der Waals surface area contributed by atoms with Gasteiger partial charge in [-0.3, -0.25) is 0 Å². The Kier molecular flexibility index (Phi) is 6.96. The summed E-state index contributed by atoms with van der Waals surface area (Å²) >= 11 is 0. The van der Waals surface area contributed by atoms with Crippen molar-refractivity contribution in [1.82, 2.24) is 5.32 Å². The molecule has 1 aliphatic heterocycles. The first-order valence-electron chi connectivity index (χ1n) is 6.48. The van der Waals surface area contributed by atoms with Crippen molar-refractivity contribution < 1.29 is 22.6 Å². The Labute approximate surface area is 106 Å². The molecule has 1 fully saturated rings. The lowest BCUT2D eigenvalue weighted by molar-refractivity contribution is -0.138. The highest BCUT2D eigenvalue weighted by molar-refractivity contribution is 4.68. The number of ether oxygens (including phenoxy) is 2. The predicted octanol–water partition coefficient (Wildman–Crippen LogP) is 2.50. The molecule has 2 unspecified atom stereocenters. The van der Waals surface area contributed by atoms with E-state index in [1.54, 1.807) is 0 Å². The highest BCUT2D eigenvalue weighted by atomic mass is 19.4. The molecule has 1 rings (SSSR count). The SMILES string of the molecule is CC(CNCC1CCCO1)OCCCC(F)(F)F. The molecule has 0 aliphatic carbocycles. The van der Waals surface area contributed by atoms with Crippen LogP contribution in [0.1, 0.15) is 32.6 Å². The molecule has 0 saturated carbocycles. The Morgan fingerprint density at radius 3 is 2.83 bits per heavy atom. The van der Waals surface area contributed by atoms with Gasteiger partial charge in [0.15, 0.2) is 0 Å². The molecule has 108 valence electrons. The molecule has 0 radical (unpaired) electrons. The van der Waals surface area contributed by atoms with Crippen LogP contribution in [-0.2, 0) is 9.47 Å². The Morgan fingerprint density at radius 1 is 1.44 bits per heavy atom. The second-order valence-electron chi connectivity index (χ2n) is 4.69. The third-order valence-electron chi connectivity index (χ3n) is 2.83. The minimum Gasteiger partial charge on any atom is -0.377 e. The van der Waals surface area contributed by atoms with Crippen molar-refractivity contribution in [2.45, 2.75) is 51.0 Å². The van der Waals surface area contributed by atoms with Gasteiger partial charge in [-0.05, 0) is 26.2 Å². The van der Waals surface area contributed by atoms with E-state index in [2.05, 4.69) is 5.32 Å². The fraction of sp³-hybridized carbons (Fsp3) is 1.00. The lowest BCUT2D eigenvalue weighted by atomic mass is 10.2. The van der Waals surface area contributed by atoms with Gasteiger partial charge < -0.3 is 14.8 Å². The summed E-state index contributed by atoms with van der Waals surface area (Å²) in [6.07, 6.45) is -2.43. The minimum atomic E-state index is -4.08. The lowest BCUT2D eigenvalue weighted by Gasteiger charge is -2.16. The van der Waals surface area contributed by atoms with Crippen LogP contribution >= 0.6 is 0 Å². The summed E-state index contributed by atoms with van der Waals surface area (Å²) in [6.45, 7) is 4.27. The van der Waals surface area contributed by atoms with Gasteiger partial charge in [-0.25, -0.2) is 0 Å². The topological polar surface area (TPSA) is 30.5 Å². The third-order valence-corrected chi connectivity index (χ3v) is 2.83. The molecular weight excluding hydrogens is 247 g/mol. The molecule has 1 saturated heterocycles. The molecular formula is C12H22F3NO2. The van der Waals surface area contributed by atoms with Crippen molar-refractivity contribution in [2.24, 2.45) is 0 Å². The molecule has 2 atom stereocenters. The van der Waals surface area contributed by atoms with Crippen LogP contribution in [0.3, 0.4) is 0 Å². The maximum atomic E-state index is 11.9. The summed E-state index contributed by atoms with van der Waals surface area (Å²) in [5.41, 5.74) is 0. The summed E-state index contributed by atoms with van der Waals surface area (Å²) < 4.78 is 46.4. The van der Waals surface area contributed by atoms with Crippen molar-refractivity contribution in [1.29, 1.82) is 0 Å². The van der Waals surface area contributed by atoms with Crippen LogP contribution in [0, 0.1) is 0 Å². The summed E-state index contributed by atoms with van der Waals surface area (Å²) in [6, 6.07) is 0. The van der Waals surface area contributed by atoms with Gasteiger partial charge in [0.05, 0.1) is 12.2 Å². The first-order valence-corrected chi connectivity index (χ1v) is 6.48. The smallest absolute Gasteiger partial charge is 0.377 e. The van der Waals surface area contributed by atoms with Crippen molar-refractivity contribution in [3.63, 3.8) is 0 Å². The maximum absolute atomic E-state index is 11.9. The van der Waals surface area contributed by atoms with E-state index in [4.69, 9.17) is 9.47 Å².